The Balaban J connectivity index is 2.14. The van der Waals surface area contributed by atoms with Gasteiger partial charge < -0.3 is 0 Å². The summed E-state index contributed by atoms with van der Waals surface area (Å²) in [7, 11) is -6.75. The first kappa shape index (κ1) is 15.0. The molecule has 0 aliphatic carbocycles. The van der Waals surface area contributed by atoms with Gasteiger partial charge in [0.05, 0.1) is 28.0 Å². The summed E-state index contributed by atoms with van der Waals surface area (Å²) in [5.74, 6) is -0.00313. The van der Waals surface area contributed by atoms with E-state index >= 15 is 0 Å². The molecule has 1 fully saturated rings. The van der Waals surface area contributed by atoms with Crippen LogP contribution in [0.5, 0.6) is 0 Å². The molecule has 8 heteroatoms. The van der Waals surface area contributed by atoms with Crippen molar-refractivity contribution in [3.63, 3.8) is 0 Å². The molecule has 0 bridgehead atoms. The Bertz CT molecular complexity index is 734. The molecule has 1 aliphatic rings. The van der Waals surface area contributed by atoms with Crippen molar-refractivity contribution in [2.75, 3.05) is 11.5 Å². The molecule has 0 unspecified atom stereocenters. The molecule has 1 N–H and O–H groups in total. The Kier molecular flexibility index (Phi) is 4.13. The van der Waals surface area contributed by atoms with E-state index in [1.54, 1.807) is 0 Å². The average Bonchev–Trinajstić information content (AvgIpc) is 2.41. The number of benzene rings is 1. The van der Waals surface area contributed by atoms with Crippen LogP contribution in [0, 0.1) is 11.3 Å². The van der Waals surface area contributed by atoms with Gasteiger partial charge in [-0.3, -0.25) is 0 Å². The molecule has 0 saturated carbocycles. The second kappa shape index (κ2) is 5.52. The SMILES string of the molecule is N#Cc1cccc(S(=O)(=O)NC2CCS(=O)(=O)CC2)c1. The molecule has 1 aromatic rings. The van der Waals surface area contributed by atoms with Crippen molar-refractivity contribution in [3.05, 3.63) is 29.8 Å². The second-order valence-electron chi connectivity index (χ2n) is 4.69. The molecule has 1 aromatic carbocycles. The summed E-state index contributed by atoms with van der Waals surface area (Å²) in [6.45, 7) is 0. The van der Waals surface area contributed by atoms with Crippen LogP contribution in [0.1, 0.15) is 18.4 Å². The van der Waals surface area contributed by atoms with E-state index in [9.17, 15) is 16.8 Å². The van der Waals surface area contributed by atoms with Gasteiger partial charge in [-0.05, 0) is 31.0 Å². The molecule has 0 amide bonds. The van der Waals surface area contributed by atoms with Crippen molar-refractivity contribution in [1.29, 1.82) is 5.26 Å². The van der Waals surface area contributed by atoms with Crippen LogP contribution in [0.25, 0.3) is 0 Å². The van der Waals surface area contributed by atoms with Crippen molar-refractivity contribution >= 4 is 19.9 Å². The predicted octanol–water partition coefficient (Wildman–Crippen LogP) is 0.414. The maximum atomic E-state index is 12.2. The second-order valence-corrected chi connectivity index (χ2v) is 8.70. The minimum atomic E-state index is -3.73. The summed E-state index contributed by atoms with van der Waals surface area (Å²) in [6, 6.07) is 7.22. The van der Waals surface area contributed by atoms with Crippen molar-refractivity contribution in [3.8, 4) is 6.07 Å². The molecule has 0 atom stereocenters. The van der Waals surface area contributed by atoms with E-state index in [-0.39, 0.29) is 40.8 Å². The number of sulfone groups is 1. The van der Waals surface area contributed by atoms with Crippen LogP contribution in [0.15, 0.2) is 29.2 Å². The first-order chi connectivity index (χ1) is 9.32. The van der Waals surface area contributed by atoms with Gasteiger partial charge in [-0.25, -0.2) is 21.6 Å². The summed E-state index contributed by atoms with van der Waals surface area (Å²) < 4.78 is 49.4. The number of rotatable bonds is 3. The van der Waals surface area contributed by atoms with E-state index in [2.05, 4.69) is 4.72 Å². The highest BCUT2D eigenvalue weighted by Crippen LogP contribution is 2.16. The fourth-order valence-corrected chi connectivity index (χ4v) is 4.87. The Morgan fingerprint density at radius 3 is 2.50 bits per heavy atom. The molecular formula is C12H14N2O4S2. The third kappa shape index (κ3) is 3.56. The number of nitrogens with one attached hydrogen (secondary N) is 1. The van der Waals surface area contributed by atoms with E-state index in [0.717, 1.165) is 0 Å². The summed E-state index contributed by atoms with van der Waals surface area (Å²) in [4.78, 5) is 0.0185. The van der Waals surface area contributed by atoms with E-state index in [0.29, 0.717) is 0 Å². The lowest BCUT2D eigenvalue weighted by atomic mass is 10.2. The molecular weight excluding hydrogens is 300 g/mol. The highest BCUT2D eigenvalue weighted by molar-refractivity contribution is 7.91. The fraction of sp³-hybridized carbons (Fsp3) is 0.417. The zero-order valence-corrected chi connectivity index (χ0v) is 12.2. The Labute approximate surface area is 118 Å². The first-order valence-corrected chi connectivity index (χ1v) is 9.36. The third-order valence-electron chi connectivity index (χ3n) is 3.15. The van der Waals surface area contributed by atoms with Gasteiger partial charge in [-0.15, -0.1) is 0 Å². The molecule has 1 aliphatic heterocycles. The Morgan fingerprint density at radius 1 is 1.25 bits per heavy atom. The maximum absolute atomic E-state index is 12.2. The van der Waals surface area contributed by atoms with Crippen molar-refractivity contribution in [2.45, 2.75) is 23.8 Å². The zero-order valence-electron chi connectivity index (χ0n) is 10.6. The van der Waals surface area contributed by atoms with Crippen molar-refractivity contribution in [1.82, 2.24) is 4.72 Å². The van der Waals surface area contributed by atoms with E-state index in [1.165, 1.54) is 24.3 Å². The van der Waals surface area contributed by atoms with Crippen molar-refractivity contribution in [2.24, 2.45) is 0 Å². The Hall–Kier alpha value is -1.43. The molecule has 0 aromatic heterocycles. The fourth-order valence-electron chi connectivity index (χ4n) is 2.03. The monoisotopic (exact) mass is 314 g/mol. The van der Waals surface area contributed by atoms with Crippen LogP contribution in [0.3, 0.4) is 0 Å². The molecule has 6 nitrogen and oxygen atoms in total. The number of sulfonamides is 1. The highest BCUT2D eigenvalue weighted by Gasteiger charge is 2.27. The molecule has 2 rings (SSSR count). The normalized spacial score (nSPS) is 19.4. The summed E-state index contributed by atoms with van der Waals surface area (Å²) in [5, 5.41) is 8.77. The van der Waals surface area contributed by atoms with E-state index in [1.807, 2.05) is 6.07 Å². The lowest BCUT2D eigenvalue weighted by Crippen LogP contribution is -2.40. The van der Waals surface area contributed by atoms with Gasteiger partial charge in [-0.1, -0.05) is 6.07 Å². The molecule has 108 valence electrons. The van der Waals surface area contributed by atoms with Crippen LogP contribution in [-0.2, 0) is 19.9 Å². The van der Waals surface area contributed by atoms with Gasteiger partial charge in [-0.2, -0.15) is 5.26 Å². The van der Waals surface area contributed by atoms with Crippen LogP contribution in [-0.4, -0.2) is 34.4 Å². The number of hydrogen-bond donors (Lipinski definition) is 1. The quantitative estimate of drug-likeness (QED) is 0.870. The van der Waals surface area contributed by atoms with Gasteiger partial charge in [0.1, 0.15) is 9.84 Å². The number of nitriles is 1. The van der Waals surface area contributed by atoms with Gasteiger partial charge in [0.15, 0.2) is 0 Å². The summed E-state index contributed by atoms with van der Waals surface area (Å²) in [5.41, 5.74) is 0.263. The van der Waals surface area contributed by atoms with Crippen LogP contribution < -0.4 is 4.72 Å². The minimum Gasteiger partial charge on any atom is -0.229 e. The van der Waals surface area contributed by atoms with Crippen molar-refractivity contribution < 1.29 is 16.8 Å². The predicted molar refractivity (Wildman–Crippen MR) is 73.2 cm³/mol. The molecule has 0 radical (unpaired) electrons. The largest absolute Gasteiger partial charge is 0.240 e. The van der Waals surface area contributed by atoms with Crippen LogP contribution in [0.4, 0.5) is 0 Å². The zero-order chi connectivity index (χ0) is 14.8. The summed E-state index contributed by atoms with van der Waals surface area (Å²) >= 11 is 0. The topological polar surface area (TPSA) is 104 Å². The van der Waals surface area contributed by atoms with E-state index < -0.39 is 19.9 Å². The van der Waals surface area contributed by atoms with Crippen LogP contribution >= 0.6 is 0 Å². The highest BCUT2D eigenvalue weighted by atomic mass is 32.2. The number of hydrogen-bond acceptors (Lipinski definition) is 5. The van der Waals surface area contributed by atoms with Gasteiger partial charge in [0, 0.05) is 6.04 Å². The van der Waals surface area contributed by atoms with E-state index in [4.69, 9.17) is 5.26 Å². The third-order valence-corrected chi connectivity index (χ3v) is 6.38. The van der Waals surface area contributed by atoms with Gasteiger partial charge in [0.25, 0.3) is 0 Å². The summed E-state index contributed by atoms with van der Waals surface area (Å²) in [6.07, 6.45) is 0.555. The maximum Gasteiger partial charge on any atom is 0.240 e. The standard InChI is InChI=1S/C12H14N2O4S2/c13-9-10-2-1-3-12(8-10)20(17,18)14-11-4-6-19(15,16)7-5-11/h1-3,8,11,14H,4-7H2. The number of nitrogens with zero attached hydrogens (tertiary/aromatic N) is 1. The lowest BCUT2D eigenvalue weighted by molar-refractivity contribution is 0.505. The molecule has 0 spiro atoms. The molecule has 1 heterocycles. The molecule has 20 heavy (non-hydrogen) atoms. The van der Waals surface area contributed by atoms with Gasteiger partial charge >= 0.3 is 0 Å². The van der Waals surface area contributed by atoms with Crippen LogP contribution in [0.2, 0.25) is 0 Å². The minimum absolute atomic E-state index is 0.00157. The Morgan fingerprint density at radius 2 is 1.90 bits per heavy atom. The molecule has 1 saturated heterocycles. The lowest BCUT2D eigenvalue weighted by Gasteiger charge is -2.22. The van der Waals surface area contributed by atoms with Gasteiger partial charge in [0.2, 0.25) is 10.0 Å². The average molecular weight is 314 g/mol. The smallest absolute Gasteiger partial charge is 0.229 e. The first-order valence-electron chi connectivity index (χ1n) is 6.05.